The quantitative estimate of drug-likeness (QED) is 0.787. The molecule has 1 aliphatic carbocycles. The minimum absolute atomic E-state index is 0.192. The third-order valence-electron chi connectivity index (χ3n) is 7.16. The first-order valence-corrected chi connectivity index (χ1v) is 9.84. The number of aliphatic hydroxyl groups excluding tert-OH is 1. The molecule has 1 aromatic carbocycles. The maximum Gasteiger partial charge on any atom is 0.311 e. The molecule has 1 N–H and O–H groups in total. The Bertz CT molecular complexity index is 761. The fourth-order valence-electron chi connectivity index (χ4n) is 5.95. The van der Waals surface area contributed by atoms with Crippen LogP contribution in [-0.2, 0) is 9.53 Å². The van der Waals surface area contributed by atoms with E-state index >= 15 is 0 Å². The number of hydrogen-bond acceptors (Lipinski definition) is 5. The highest BCUT2D eigenvalue weighted by Crippen LogP contribution is 2.48. The SMILES string of the molecule is COC(=O)[C@@H]1[C@H]2C[C@H]3C4=Nc5ccccc5C4CCN3C[C@@H]2CC[C@@H]1O. The van der Waals surface area contributed by atoms with Gasteiger partial charge in [0, 0.05) is 24.2 Å². The summed E-state index contributed by atoms with van der Waals surface area (Å²) in [5, 5.41) is 10.5. The Labute approximate surface area is 154 Å². The highest BCUT2D eigenvalue weighted by Gasteiger charge is 2.51. The average Bonchev–Trinajstić information content (AvgIpc) is 3.05. The first-order valence-electron chi connectivity index (χ1n) is 9.84. The van der Waals surface area contributed by atoms with Gasteiger partial charge in [0.1, 0.15) is 0 Å². The van der Waals surface area contributed by atoms with Crippen LogP contribution < -0.4 is 0 Å². The fraction of sp³-hybridized carbons (Fsp3) is 0.619. The lowest BCUT2D eigenvalue weighted by atomic mass is 9.64. The standard InChI is InChI=1S/C21H26N2O3/c1-26-21(25)19-15-10-17-20-14(13-4-2-3-5-16(13)22-20)8-9-23(17)11-12(15)6-7-18(19)24/h2-5,12,14-15,17-19,24H,6-11H2,1H3/t12-,14?,15-,17-,18-,19+/m0/s1. The molecule has 0 radical (unpaired) electrons. The maximum atomic E-state index is 12.4. The molecule has 5 rings (SSSR count). The van der Waals surface area contributed by atoms with Gasteiger partial charge < -0.3 is 9.84 Å². The molecule has 0 bridgehead atoms. The van der Waals surface area contributed by atoms with Gasteiger partial charge in [-0.3, -0.25) is 14.7 Å². The van der Waals surface area contributed by atoms with Gasteiger partial charge in [0.25, 0.3) is 0 Å². The molecule has 1 aromatic rings. The Balaban J connectivity index is 1.46. The van der Waals surface area contributed by atoms with Crippen molar-refractivity contribution in [2.75, 3.05) is 20.2 Å². The number of aliphatic imine (C=N–C) groups is 1. The van der Waals surface area contributed by atoms with Crippen molar-refractivity contribution in [1.29, 1.82) is 0 Å². The largest absolute Gasteiger partial charge is 0.469 e. The highest BCUT2D eigenvalue weighted by molar-refractivity contribution is 6.02. The summed E-state index contributed by atoms with van der Waals surface area (Å²) in [7, 11) is 1.43. The van der Waals surface area contributed by atoms with Crippen molar-refractivity contribution in [3.05, 3.63) is 29.8 Å². The molecular formula is C21H26N2O3. The molecule has 5 heteroatoms. The third-order valence-corrected chi connectivity index (χ3v) is 7.16. The predicted octanol–water partition coefficient (Wildman–Crippen LogP) is 2.51. The van der Waals surface area contributed by atoms with Crippen LogP contribution in [0.1, 0.15) is 37.2 Å². The van der Waals surface area contributed by atoms with Crippen LogP contribution in [0.3, 0.4) is 0 Å². The summed E-state index contributed by atoms with van der Waals surface area (Å²) in [5.74, 6) is 0.460. The molecule has 3 heterocycles. The topological polar surface area (TPSA) is 62.1 Å². The minimum Gasteiger partial charge on any atom is -0.469 e. The number of piperidine rings is 2. The summed E-state index contributed by atoms with van der Waals surface area (Å²) >= 11 is 0. The summed E-state index contributed by atoms with van der Waals surface area (Å²) in [5.41, 5.74) is 3.75. The van der Waals surface area contributed by atoms with Crippen molar-refractivity contribution >= 4 is 17.4 Å². The summed E-state index contributed by atoms with van der Waals surface area (Å²) in [6.07, 6.45) is 3.17. The number of esters is 1. The van der Waals surface area contributed by atoms with Gasteiger partial charge in [-0.05, 0) is 55.7 Å². The first-order chi connectivity index (χ1) is 12.7. The number of carbonyl (C=O) groups is 1. The molecule has 6 atom stereocenters. The van der Waals surface area contributed by atoms with Crippen LogP contribution in [0.2, 0.25) is 0 Å². The van der Waals surface area contributed by atoms with E-state index in [1.165, 1.54) is 18.4 Å². The lowest BCUT2D eigenvalue weighted by molar-refractivity contribution is -0.159. The number of hydrogen-bond donors (Lipinski definition) is 1. The summed E-state index contributed by atoms with van der Waals surface area (Å²) < 4.78 is 5.04. The average molecular weight is 354 g/mol. The van der Waals surface area contributed by atoms with E-state index in [9.17, 15) is 9.90 Å². The molecule has 1 unspecified atom stereocenters. The van der Waals surface area contributed by atoms with Crippen molar-refractivity contribution in [3.63, 3.8) is 0 Å². The molecule has 4 aliphatic rings. The number of benzene rings is 1. The molecule has 1 saturated carbocycles. The second-order valence-electron chi connectivity index (χ2n) is 8.30. The van der Waals surface area contributed by atoms with E-state index in [-0.39, 0.29) is 17.8 Å². The number of fused-ring (bicyclic) bond motifs is 6. The van der Waals surface area contributed by atoms with Crippen LogP contribution in [0.25, 0.3) is 0 Å². The van der Waals surface area contributed by atoms with Gasteiger partial charge in [-0.2, -0.15) is 0 Å². The van der Waals surface area contributed by atoms with E-state index in [0.717, 1.165) is 38.0 Å². The van der Waals surface area contributed by atoms with E-state index in [2.05, 4.69) is 29.2 Å². The second-order valence-corrected chi connectivity index (χ2v) is 8.30. The normalized spacial score (nSPS) is 38.5. The summed E-state index contributed by atoms with van der Waals surface area (Å²) in [4.78, 5) is 20.0. The fourth-order valence-corrected chi connectivity index (χ4v) is 5.95. The van der Waals surface area contributed by atoms with Crippen LogP contribution in [0.5, 0.6) is 0 Å². The Kier molecular flexibility index (Phi) is 3.90. The highest BCUT2D eigenvalue weighted by atomic mass is 16.5. The van der Waals surface area contributed by atoms with E-state index < -0.39 is 6.10 Å². The van der Waals surface area contributed by atoms with Crippen LogP contribution in [0.4, 0.5) is 5.69 Å². The van der Waals surface area contributed by atoms with Crippen LogP contribution in [-0.4, -0.2) is 54.0 Å². The summed E-state index contributed by atoms with van der Waals surface area (Å²) in [6, 6.07) is 8.77. The minimum atomic E-state index is -0.572. The smallest absolute Gasteiger partial charge is 0.311 e. The molecule has 2 saturated heterocycles. The zero-order chi connectivity index (χ0) is 17.8. The Hall–Kier alpha value is -1.72. The molecule has 5 nitrogen and oxygen atoms in total. The summed E-state index contributed by atoms with van der Waals surface area (Å²) in [6.45, 7) is 2.11. The zero-order valence-electron chi connectivity index (χ0n) is 15.2. The van der Waals surface area contributed by atoms with Crippen LogP contribution in [0.15, 0.2) is 29.3 Å². The van der Waals surface area contributed by atoms with Crippen molar-refractivity contribution in [2.45, 2.75) is 43.7 Å². The van der Waals surface area contributed by atoms with Crippen molar-refractivity contribution < 1.29 is 14.6 Å². The monoisotopic (exact) mass is 354 g/mol. The molecule has 0 aromatic heterocycles. The van der Waals surface area contributed by atoms with Gasteiger partial charge in [-0.25, -0.2) is 0 Å². The third kappa shape index (κ3) is 2.37. The van der Waals surface area contributed by atoms with Gasteiger partial charge in [0.15, 0.2) is 0 Å². The number of methoxy groups -OCH3 is 1. The number of rotatable bonds is 1. The van der Waals surface area contributed by atoms with Gasteiger partial charge >= 0.3 is 5.97 Å². The lowest BCUT2D eigenvalue weighted by Crippen LogP contribution is -2.59. The van der Waals surface area contributed by atoms with Gasteiger partial charge in [-0.15, -0.1) is 0 Å². The van der Waals surface area contributed by atoms with Gasteiger partial charge in [0.05, 0.1) is 24.8 Å². The number of nitrogens with zero attached hydrogens (tertiary/aromatic N) is 2. The maximum absolute atomic E-state index is 12.4. The van der Waals surface area contributed by atoms with Crippen molar-refractivity contribution in [1.82, 2.24) is 4.90 Å². The molecule has 3 aliphatic heterocycles. The first kappa shape index (κ1) is 16.5. The molecule has 0 spiro atoms. The Morgan fingerprint density at radius 2 is 2.12 bits per heavy atom. The molecule has 26 heavy (non-hydrogen) atoms. The van der Waals surface area contributed by atoms with E-state index in [4.69, 9.17) is 9.73 Å². The van der Waals surface area contributed by atoms with Gasteiger partial charge in [-0.1, -0.05) is 18.2 Å². The predicted molar refractivity (Wildman–Crippen MR) is 98.6 cm³/mol. The number of carbonyl (C=O) groups excluding carboxylic acids is 1. The van der Waals surface area contributed by atoms with E-state index in [1.54, 1.807) is 0 Å². The Morgan fingerprint density at radius 3 is 2.96 bits per heavy atom. The number of aliphatic hydroxyl groups is 1. The van der Waals surface area contributed by atoms with Crippen LogP contribution in [0, 0.1) is 17.8 Å². The van der Waals surface area contributed by atoms with Crippen molar-refractivity contribution in [2.24, 2.45) is 22.7 Å². The lowest BCUT2D eigenvalue weighted by Gasteiger charge is -2.52. The molecular weight excluding hydrogens is 328 g/mol. The number of para-hydroxylation sites is 1. The van der Waals surface area contributed by atoms with E-state index in [0.29, 0.717) is 24.3 Å². The molecule has 3 fully saturated rings. The van der Waals surface area contributed by atoms with Crippen molar-refractivity contribution in [3.8, 4) is 0 Å². The Morgan fingerprint density at radius 1 is 1.27 bits per heavy atom. The van der Waals surface area contributed by atoms with Crippen LogP contribution >= 0.6 is 0 Å². The second kappa shape index (κ2) is 6.17. The van der Waals surface area contributed by atoms with E-state index in [1.807, 2.05) is 0 Å². The molecule has 138 valence electrons. The molecule has 0 amide bonds. The zero-order valence-corrected chi connectivity index (χ0v) is 15.2. The van der Waals surface area contributed by atoms with Gasteiger partial charge in [0.2, 0.25) is 0 Å². The number of ether oxygens (including phenoxy) is 1.